The Morgan fingerprint density at radius 1 is 0.938 bits per heavy atom. The topological polar surface area (TPSA) is 9.23 Å². The van der Waals surface area contributed by atoms with Crippen molar-refractivity contribution in [2.75, 3.05) is 0 Å². The van der Waals surface area contributed by atoms with Crippen LogP contribution in [0.15, 0.2) is 54.6 Å². The summed E-state index contributed by atoms with van der Waals surface area (Å²) in [7, 11) is 0. The molecule has 2 aromatic rings. The van der Waals surface area contributed by atoms with Crippen LogP contribution in [0.4, 0.5) is 0 Å². The highest BCUT2D eigenvalue weighted by Crippen LogP contribution is 2.21. The molecule has 1 nitrogen and oxygen atoms in total. The zero-order chi connectivity index (χ0) is 11.4. The summed E-state index contributed by atoms with van der Waals surface area (Å²) in [5.41, 5.74) is 2.42. The summed E-state index contributed by atoms with van der Waals surface area (Å²) in [6, 6.07) is 18.4. The minimum atomic E-state index is 0.0861. The minimum absolute atomic E-state index is 0.0861. The first kappa shape index (κ1) is 10.7. The van der Waals surface area contributed by atoms with Crippen molar-refractivity contribution in [3.63, 3.8) is 0 Å². The van der Waals surface area contributed by atoms with Gasteiger partial charge in [-0.3, -0.25) is 0 Å². The zero-order valence-corrected chi connectivity index (χ0v) is 9.68. The van der Waals surface area contributed by atoms with Gasteiger partial charge in [0.2, 0.25) is 0 Å². The Morgan fingerprint density at radius 3 is 2.38 bits per heavy atom. The summed E-state index contributed by atoms with van der Waals surface area (Å²) in [5.74, 6) is 0.927. The quantitative estimate of drug-likeness (QED) is 0.743. The van der Waals surface area contributed by atoms with Gasteiger partial charge in [0.05, 0.1) is 0 Å². The maximum absolute atomic E-state index is 5.88. The van der Waals surface area contributed by atoms with Gasteiger partial charge in [-0.15, -0.1) is 0 Å². The van der Waals surface area contributed by atoms with E-state index < -0.39 is 0 Å². The van der Waals surface area contributed by atoms with E-state index in [0.29, 0.717) is 0 Å². The van der Waals surface area contributed by atoms with Crippen molar-refractivity contribution in [1.82, 2.24) is 0 Å². The van der Waals surface area contributed by atoms with Gasteiger partial charge >= 0.3 is 0 Å². The summed E-state index contributed by atoms with van der Waals surface area (Å²) in [4.78, 5) is 0. The molecule has 0 spiro atoms. The van der Waals surface area contributed by atoms with Gasteiger partial charge in [-0.2, -0.15) is 0 Å². The molecule has 2 rings (SSSR count). The van der Waals surface area contributed by atoms with Crippen LogP contribution >= 0.6 is 0 Å². The molecule has 82 valence electrons. The SMILES string of the molecule is Cc1cccc(OC(C)c2ccccc2)c1. The molecule has 16 heavy (non-hydrogen) atoms. The maximum atomic E-state index is 5.88. The second kappa shape index (κ2) is 4.84. The lowest BCUT2D eigenvalue weighted by Gasteiger charge is -2.15. The van der Waals surface area contributed by atoms with Crippen molar-refractivity contribution in [3.8, 4) is 5.75 Å². The van der Waals surface area contributed by atoms with Gasteiger partial charge in [0.25, 0.3) is 0 Å². The Balaban J connectivity index is 2.11. The summed E-state index contributed by atoms with van der Waals surface area (Å²) >= 11 is 0. The molecule has 0 heterocycles. The Bertz CT molecular complexity index is 448. The molecule has 0 fully saturated rings. The molecule has 0 N–H and O–H groups in total. The molecule has 0 aliphatic heterocycles. The molecule has 1 heteroatoms. The average molecular weight is 212 g/mol. The van der Waals surface area contributed by atoms with Crippen LogP contribution in [-0.4, -0.2) is 0 Å². The Kier molecular flexibility index (Phi) is 3.25. The first-order chi connectivity index (χ1) is 7.75. The number of aryl methyl sites for hydroxylation is 1. The van der Waals surface area contributed by atoms with Gasteiger partial charge in [0, 0.05) is 0 Å². The molecular weight excluding hydrogens is 196 g/mol. The zero-order valence-electron chi connectivity index (χ0n) is 9.68. The molecule has 1 atom stereocenters. The van der Waals surface area contributed by atoms with Crippen LogP contribution in [0.2, 0.25) is 0 Å². The van der Waals surface area contributed by atoms with Crippen LogP contribution in [-0.2, 0) is 0 Å². The van der Waals surface area contributed by atoms with Gasteiger partial charge in [-0.25, -0.2) is 0 Å². The average Bonchev–Trinajstić information content (AvgIpc) is 2.30. The highest BCUT2D eigenvalue weighted by atomic mass is 16.5. The third-order valence-corrected chi connectivity index (χ3v) is 2.57. The van der Waals surface area contributed by atoms with Gasteiger partial charge in [-0.1, -0.05) is 42.5 Å². The summed E-state index contributed by atoms with van der Waals surface area (Å²) in [5, 5.41) is 0. The molecule has 0 saturated carbocycles. The number of rotatable bonds is 3. The monoisotopic (exact) mass is 212 g/mol. The molecular formula is C15H16O. The molecule has 0 amide bonds. The fraction of sp³-hybridized carbons (Fsp3) is 0.200. The normalized spacial score (nSPS) is 12.1. The lowest BCUT2D eigenvalue weighted by Crippen LogP contribution is -2.02. The molecule has 0 aliphatic rings. The van der Waals surface area contributed by atoms with Crippen molar-refractivity contribution < 1.29 is 4.74 Å². The predicted octanol–water partition coefficient (Wildman–Crippen LogP) is 4.14. The second-order valence-corrected chi connectivity index (χ2v) is 3.99. The first-order valence-corrected chi connectivity index (χ1v) is 5.54. The van der Waals surface area contributed by atoms with Crippen molar-refractivity contribution in [1.29, 1.82) is 0 Å². The lowest BCUT2D eigenvalue weighted by molar-refractivity contribution is 0.227. The summed E-state index contributed by atoms with van der Waals surface area (Å²) in [6.45, 7) is 4.14. The van der Waals surface area contributed by atoms with Gasteiger partial charge in [-0.05, 0) is 37.1 Å². The Morgan fingerprint density at radius 2 is 1.69 bits per heavy atom. The fourth-order valence-electron chi connectivity index (χ4n) is 1.68. The van der Waals surface area contributed by atoms with E-state index in [9.17, 15) is 0 Å². The maximum Gasteiger partial charge on any atom is 0.121 e. The third-order valence-electron chi connectivity index (χ3n) is 2.57. The highest BCUT2D eigenvalue weighted by molar-refractivity contribution is 5.28. The van der Waals surface area contributed by atoms with E-state index in [-0.39, 0.29) is 6.10 Å². The second-order valence-electron chi connectivity index (χ2n) is 3.99. The van der Waals surface area contributed by atoms with Crippen LogP contribution in [0.25, 0.3) is 0 Å². The molecule has 2 aromatic carbocycles. The van der Waals surface area contributed by atoms with E-state index in [0.717, 1.165) is 5.75 Å². The van der Waals surface area contributed by atoms with Crippen molar-refractivity contribution in [2.45, 2.75) is 20.0 Å². The third kappa shape index (κ3) is 2.63. The van der Waals surface area contributed by atoms with Crippen LogP contribution in [0.3, 0.4) is 0 Å². The predicted molar refractivity (Wildman–Crippen MR) is 66.7 cm³/mol. The smallest absolute Gasteiger partial charge is 0.121 e. The Labute approximate surface area is 96.7 Å². The fourth-order valence-corrected chi connectivity index (χ4v) is 1.68. The van der Waals surface area contributed by atoms with E-state index in [2.05, 4.69) is 38.1 Å². The largest absolute Gasteiger partial charge is 0.486 e. The van der Waals surface area contributed by atoms with Crippen LogP contribution in [0.1, 0.15) is 24.2 Å². The minimum Gasteiger partial charge on any atom is -0.486 e. The van der Waals surface area contributed by atoms with E-state index in [1.54, 1.807) is 0 Å². The summed E-state index contributed by atoms with van der Waals surface area (Å²) < 4.78 is 5.88. The van der Waals surface area contributed by atoms with Gasteiger partial charge in [0.1, 0.15) is 11.9 Å². The van der Waals surface area contributed by atoms with Crippen molar-refractivity contribution in [3.05, 3.63) is 65.7 Å². The van der Waals surface area contributed by atoms with Gasteiger partial charge < -0.3 is 4.74 Å². The van der Waals surface area contributed by atoms with E-state index in [4.69, 9.17) is 4.74 Å². The number of ether oxygens (including phenoxy) is 1. The van der Waals surface area contributed by atoms with Crippen LogP contribution in [0, 0.1) is 6.92 Å². The molecule has 0 radical (unpaired) electrons. The van der Waals surface area contributed by atoms with E-state index in [1.807, 2.05) is 30.3 Å². The van der Waals surface area contributed by atoms with E-state index >= 15 is 0 Å². The molecule has 0 bridgehead atoms. The standard InChI is InChI=1S/C15H16O/c1-12-7-6-10-15(11-12)16-13(2)14-8-4-3-5-9-14/h3-11,13H,1-2H3. The van der Waals surface area contributed by atoms with Crippen molar-refractivity contribution >= 4 is 0 Å². The van der Waals surface area contributed by atoms with Gasteiger partial charge in [0.15, 0.2) is 0 Å². The molecule has 0 saturated heterocycles. The van der Waals surface area contributed by atoms with Crippen LogP contribution < -0.4 is 4.74 Å². The molecule has 0 aromatic heterocycles. The number of benzene rings is 2. The number of hydrogen-bond acceptors (Lipinski definition) is 1. The number of hydrogen-bond donors (Lipinski definition) is 0. The van der Waals surface area contributed by atoms with Crippen molar-refractivity contribution in [2.24, 2.45) is 0 Å². The van der Waals surface area contributed by atoms with Crippen LogP contribution in [0.5, 0.6) is 5.75 Å². The highest BCUT2D eigenvalue weighted by Gasteiger charge is 2.05. The lowest BCUT2D eigenvalue weighted by atomic mass is 10.1. The van der Waals surface area contributed by atoms with E-state index in [1.165, 1.54) is 11.1 Å². The first-order valence-electron chi connectivity index (χ1n) is 5.54. The Hall–Kier alpha value is -1.76. The molecule has 1 unspecified atom stereocenters. The summed E-state index contributed by atoms with van der Waals surface area (Å²) in [6.07, 6.45) is 0.0861. The molecule has 0 aliphatic carbocycles.